The Labute approximate surface area is 163 Å². The molecule has 1 heterocycles. The van der Waals surface area contributed by atoms with Crippen LogP contribution in [0.1, 0.15) is 17.0 Å². The number of halogens is 3. The lowest BCUT2D eigenvalue weighted by Gasteiger charge is -2.09. The maximum Gasteiger partial charge on any atom is 0.308 e. The third-order valence-corrected chi connectivity index (χ3v) is 4.04. The van der Waals surface area contributed by atoms with Gasteiger partial charge in [-0.2, -0.15) is 0 Å². The first-order valence-corrected chi connectivity index (χ1v) is 8.42. The first kappa shape index (κ1) is 20.1. The number of esters is 1. The number of ether oxygens (including phenoxy) is 1. The molecule has 1 aromatic carbocycles. The Kier molecular flexibility index (Phi) is 7.32. The Hall–Kier alpha value is -2.22. The molecular weight excluding hydrogens is 407 g/mol. The van der Waals surface area contributed by atoms with Gasteiger partial charge in [0.2, 0.25) is 0 Å². The highest BCUT2D eigenvalue weighted by atomic mass is 35.5. The maximum absolute atomic E-state index is 11.8. The van der Waals surface area contributed by atoms with Crippen LogP contribution in [0.5, 0.6) is 0 Å². The third kappa shape index (κ3) is 5.94. The number of nitrogens with one attached hydrogen (secondary N) is 2. The lowest BCUT2D eigenvalue weighted by molar-refractivity contribution is -0.147. The lowest BCUT2D eigenvalue weighted by atomic mass is 10.3. The van der Waals surface area contributed by atoms with Crippen LogP contribution in [0.3, 0.4) is 0 Å². The Morgan fingerprint density at radius 3 is 2.50 bits per heavy atom. The fourth-order valence-electron chi connectivity index (χ4n) is 1.80. The third-order valence-electron chi connectivity index (χ3n) is 3.01. The van der Waals surface area contributed by atoms with E-state index in [1.807, 2.05) is 0 Å². The predicted octanol–water partition coefficient (Wildman–Crippen LogP) is 3.54. The fraction of sp³-hybridized carbons (Fsp3) is 0.188. The Balaban J connectivity index is 1.71. The summed E-state index contributed by atoms with van der Waals surface area (Å²) in [6.07, 6.45) is 1.26. The van der Waals surface area contributed by atoms with Gasteiger partial charge in [0.25, 0.3) is 11.8 Å². The molecule has 0 bridgehead atoms. The van der Waals surface area contributed by atoms with Crippen LogP contribution in [-0.4, -0.2) is 30.9 Å². The number of hydrogen-bond acceptors (Lipinski definition) is 5. The number of rotatable bonds is 7. The molecule has 0 aliphatic rings. The van der Waals surface area contributed by atoms with Gasteiger partial charge in [0, 0.05) is 6.54 Å². The van der Waals surface area contributed by atoms with Gasteiger partial charge in [-0.1, -0.05) is 34.8 Å². The van der Waals surface area contributed by atoms with E-state index in [1.165, 1.54) is 24.5 Å². The first-order valence-electron chi connectivity index (χ1n) is 7.28. The average molecular weight is 420 g/mol. The molecule has 2 rings (SSSR count). The second-order valence-electron chi connectivity index (χ2n) is 4.94. The molecule has 0 saturated heterocycles. The van der Waals surface area contributed by atoms with Crippen molar-refractivity contribution in [1.82, 2.24) is 5.32 Å². The Bertz CT molecular complexity index is 808. The highest BCUT2D eigenvalue weighted by Crippen LogP contribution is 2.32. The van der Waals surface area contributed by atoms with E-state index in [2.05, 4.69) is 10.6 Å². The van der Waals surface area contributed by atoms with E-state index >= 15 is 0 Å². The number of benzene rings is 1. The van der Waals surface area contributed by atoms with Gasteiger partial charge in [0.15, 0.2) is 12.4 Å². The largest absolute Gasteiger partial charge is 0.459 e. The fourth-order valence-corrected chi connectivity index (χ4v) is 2.39. The molecule has 10 heteroatoms. The van der Waals surface area contributed by atoms with Crippen LogP contribution in [0, 0.1) is 0 Å². The van der Waals surface area contributed by atoms with Crippen LogP contribution in [0.2, 0.25) is 15.1 Å². The lowest BCUT2D eigenvalue weighted by Crippen LogP contribution is -2.27. The summed E-state index contributed by atoms with van der Waals surface area (Å²) in [5, 5.41) is 5.60. The highest BCUT2D eigenvalue weighted by molar-refractivity contribution is 6.44. The van der Waals surface area contributed by atoms with E-state index in [0.717, 1.165) is 0 Å². The smallest absolute Gasteiger partial charge is 0.308 e. The Morgan fingerprint density at radius 2 is 1.81 bits per heavy atom. The molecule has 138 valence electrons. The molecule has 0 aliphatic heterocycles. The quantitative estimate of drug-likeness (QED) is 0.528. The minimum Gasteiger partial charge on any atom is -0.459 e. The molecule has 1 aromatic heterocycles. The maximum atomic E-state index is 11.8. The van der Waals surface area contributed by atoms with Crippen LogP contribution in [0.15, 0.2) is 34.9 Å². The molecule has 0 spiro atoms. The summed E-state index contributed by atoms with van der Waals surface area (Å²) in [6.45, 7) is -0.472. The van der Waals surface area contributed by atoms with Gasteiger partial charge in [-0.25, -0.2) is 0 Å². The van der Waals surface area contributed by atoms with Crippen molar-refractivity contribution in [2.75, 3.05) is 18.5 Å². The molecule has 0 radical (unpaired) electrons. The number of carbonyl (C=O) groups is 3. The van der Waals surface area contributed by atoms with Crippen LogP contribution in [0.25, 0.3) is 0 Å². The zero-order chi connectivity index (χ0) is 19.1. The molecular formula is C16H13Cl3N2O5. The summed E-state index contributed by atoms with van der Waals surface area (Å²) in [7, 11) is 0. The standard InChI is InChI=1S/C16H13Cl3N2O5/c17-9-6-11(19)12(7-10(9)18)21-14(22)8-26-15(23)3-4-20-16(24)13-2-1-5-25-13/h1-2,5-7H,3-4,8H2,(H,20,24)(H,21,22). The van der Waals surface area contributed by atoms with Crippen molar-refractivity contribution in [2.24, 2.45) is 0 Å². The first-order chi connectivity index (χ1) is 12.4. The summed E-state index contributed by atoms with van der Waals surface area (Å²) in [5.41, 5.74) is 0.243. The summed E-state index contributed by atoms with van der Waals surface area (Å²) < 4.78 is 9.72. The molecule has 0 aliphatic carbocycles. The van der Waals surface area contributed by atoms with Crippen LogP contribution in [0.4, 0.5) is 5.69 Å². The average Bonchev–Trinajstić information content (AvgIpc) is 3.12. The number of furan rings is 1. The molecule has 0 saturated carbocycles. The molecule has 2 N–H and O–H groups in total. The molecule has 0 atom stereocenters. The van der Waals surface area contributed by atoms with Crippen molar-refractivity contribution in [3.63, 3.8) is 0 Å². The van der Waals surface area contributed by atoms with Crippen LogP contribution in [-0.2, 0) is 14.3 Å². The van der Waals surface area contributed by atoms with Crippen molar-refractivity contribution >= 4 is 58.3 Å². The summed E-state index contributed by atoms with van der Waals surface area (Å²) in [6, 6.07) is 5.83. The molecule has 7 nitrogen and oxygen atoms in total. The molecule has 2 amide bonds. The van der Waals surface area contributed by atoms with E-state index < -0.39 is 24.4 Å². The molecule has 2 aromatic rings. The topological polar surface area (TPSA) is 97.6 Å². The van der Waals surface area contributed by atoms with Crippen molar-refractivity contribution in [2.45, 2.75) is 6.42 Å². The summed E-state index contributed by atoms with van der Waals surface area (Å²) in [4.78, 5) is 35.0. The SMILES string of the molecule is O=C(COC(=O)CCNC(=O)c1ccco1)Nc1cc(Cl)c(Cl)cc1Cl. The normalized spacial score (nSPS) is 10.3. The molecule has 26 heavy (non-hydrogen) atoms. The number of hydrogen-bond donors (Lipinski definition) is 2. The van der Waals surface area contributed by atoms with Crippen molar-refractivity contribution in [3.8, 4) is 0 Å². The van der Waals surface area contributed by atoms with Crippen LogP contribution < -0.4 is 10.6 Å². The van der Waals surface area contributed by atoms with E-state index in [4.69, 9.17) is 44.0 Å². The molecule has 0 fully saturated rings. The minimum absolute atomic E-state index is 0.0403. The Morgan fingerprint density at radius 1 is 1.08 bits per heavy atom. The number of carbonyl (C=O) groups excluding carboxylic acids is 3. The van der Waals surface area contributed by atoms with Gasteiger partial charge in [0.05, 0.1) is 33.4 Å². The van der Waals surface area contributed by atoms with E-state index in [0.29, 0.717) is 0 Å². The van der Waals surface area contributed by atoms with E-state index in [-0.39, 0.29) is 39.5 Å². The number of anilines is 1. The predicted molar refractivity (Wildman–Crippen MR) is 96.7 cm³/mol. The van der Waals surface area contributed by atoms with Gasteiger partial charge in [0.1, 0.15) is 0 Å². The van der Waals surface area contributed by atoms with E-state index in [1.54, 1.807) is 6.07 Å². The van der Waals surface area contributed by atoms with Crippen molar-refractivity contribution < 1.29 is 23.5 Å². The van der Waals surface area contributed by atoms with E-state index in [9.17, 15) is 14.4 Å². The van der Waals surface area contributed by atoms with Crippen molar-refractivity contribution in [1.29, 1.82) is 0 Å². The second kappa shape index (κ2) is 9.47. The van der Waals surface area contributed by atoms with Gasteiger partial charge in [-0.15, -0.1) is 0 Å². The van der Waals surface area contributed by atoms with Gasteiger partial charge >= 0.3 is 5.97 Å². The monoisotopic (exact) mass is 418 g/mol. The minimum atomic E-state index is -0.653. The van der Waals surface area contributed by atoms with Crippen molar-refractivity contribution in [3.05, 3.63) is 51.4 Å². The zero-order valence-corrected chi connectivity index (χ0v) is 15.5. The van der Waals surface area contributed by atoms with Crippen LogP contribution >= 0.6 is 34.8 Å². The zero-order valence-electron chi connectivity index (χ0n) is 13.2. The van der Waals surface area contributed by atoms with Gasteiger partial charge in [-0.3, -0.25) is 14.4 Å². The highest BCUT2D eigenvalue weighted by Gasteiger charge is 2.13. The van der Waals surface area contributed by atoms with Gasteiger partial charge in [-0.05, 0) is 24.3 Å². The van der Waals surface area contributed by atoms with Gasteiger partial charge < -0.3 is 19.8 Å². The summed E-state index contributed by atoms with van der Waals surface area (Å²) >= 11 is 17.6. The number of amides is 2. The molecule has 0 unspecified atom stereocenters. The summed E-state index contributed by atoms with van der Waals surface area (Å²) in [5.74, 6) is -1.57. The second-order valence-corrected chi connectivity index (χ2v) is 6.16.